The van der Waals surface area contributed by atoms with Gasteiger partial charge in [-0.2, -0.15) is 4.98 Å². The number of hydrogen-bond donors (Lipinski definition) is 1. The van der Waals surface area contributed by atoms with Crippen LogP contribution >= 0.6 is 0 Å². The van der Waals surface area contributed by atoms with Crippen LogP contribution in [-0.4, -0.2) is 30.3 Å². The molecule has 2 aromatic carbocycles. The molecule has 0 radical (unpaired) electrons. The van der Waals surface area contributed by atoms with Crippen LogP contribution in [0.1, 0.15) is 11.5 Å². The molecular formula is C19H19N3O4. The lowest BCUT2D eigenvalue weighted by molar-refractivity contribution is -0.120. The second-order valence-corrected chi connectivity index (χ2v) is 5.52. The molecule has 0 aliphatic heterocycles. The third kappa shape index (κ3) is 4.18. The summed E-state index contributed by atoms with van der Waals surface area (Å²) in [6.45, 7) is 0.173. The Morgan fingerprint density at radius 2 is 1.85 bits per heavy atom. The van der Waals surface area contributed by atoms with Crippen molar-refractivity contribution in [3.05, 3.63) is 60.0 Å². The lowest BCUT2D eigenvalue weighted by atomic mass is 10.1. The van der Waals surface area contributed by atoms with Crippen LogP contribution in [0.4, 0.5) is 0 Å². The molecule has 0 fully saturated rings. The molecule has 7 heteroatoms. The van der Waals surface area contributed by atoms with Crippen LogP contribution < -0.4 is 14.8 Å². The standard InChI is InChI=1S/C19H19N3O4/c1-24-15-9-8-14(11-16(15)25-2)19-21-18(26-22-19)12-20-17(23)10-13-6-4-3-5-7-13/h3-9,11H,10,12H2,1-2H3,(H,20,23). The third-order valence-electron chi connectivity index (χ3n) is 3.75. The molecule has 0 saturated carbocycles. The molecule has 7 nitrogen and oxygen atoms in total. The first-order valence-corrected chi connectivity index (χ1v) is 8.05. The van der Waals surface area contributed by atoms with Gasteiger partial charge in [-0.1, -0.05) is 35.5 Å². The summed E-state index contributed by atoms with van der Waals surface area (Å²) in [5.41, 5.74) is 1.68. The van der Waals surface area contributed by atoms with E-state index >= 15 is 0 Å². The fraction of sp³-hybridized carbons (Fsp3) is 0.211. The number of carbonyl (C=O) groups is 1. The van der Waals surface area contributed by atoms with Gasteiger partial charge in [-0.15, -0.1) is 0 Å². The SMILES string of the molecule is COc1ccc(-c2noc(CNC(=O)Cc3ccccc3)n2)cc1OC. The summed E-state index contributed by atoms with van der Waals surface area (Å²) in [4.78, 5) is 16.3. The Bertz CT molecular complexity index is 878. The van der Waals surface area contributed by atoms with Gasteiger partial charge in [-0.05, 0) is 23.8 Å². The summed E-state index contributed by atoms with van der Waals surface area (Å²) in [5.74, 6) is 1.83. The number of nitrogens with one attached hydrogen (secondary N) is 1. The van der Waals surface area contributed by atoms with E-state index in [-0.39, 0.29) is 12.5 Å². The first-order valence-electron chi connectivity index (χ1n) is 8.05. The second-order valence-electron chi connectivity index (χ2n) is 5.52. The van der Waals surface area contributed by atoms with E-state index in [0.717, 1.165) is 11.1 Å². The molecule has 0 bridgehead atoms. The molecule has 134 valence electrons. The zero-order valence-electron chi connectivity index (χ0n) is 14.6. The van der Waals surface area contributed by atoms with E-state index in [4.69, 9.17) is 14.0 Å². The number of rotatable bonds is 7. The van der Waals surface area contributed by atoms with E-state index in [2.05, 4.69) is 15.5 Å². The Morgan fingerprint density at radius 3 is 2.58 bits per heavy atom. The van der Waals surface area contributed by atoms with E-state index < -0.39 is 0 Å². The number of hydrogen-bond acceptors (Lipinski definition) is 6. The van der Waals surface area contributed by atoms with Gasteiger partial charge in [0, 0.05) is 5.56 Å². The maximum Gasteiger partial charge on any atom is 0.246 e. The normalized spacial score (nSPS) is 10.4. The maximum atomic E-state index is 12.0. The van der Waals surface area contributed by atoms with Crippen molar-refractivity contribution in [3.63, 3.8) is 0 Å². The van der Waals surface area contributed by atoms with Gasteiger partial charge in [0.05, 0.1) is 27.2 Å². The van der Waals surface area contributed by atoms with Crippen molar-refractivity contribution in [2.75, 3.05) is 14.2 Å². The van der Waals surface area contributed by atoms with Gasteiger partial charge in [0.15, 0.2) is 11.5 Å². The number of amides is 1. The zero-order valence-corrected chi connectivity index (χ0v) is 14.6. The fourth-order valence-corrected chi connectivity index (χ4v) is 2.44. The molecule has 3 rings (SSSR count). The van der Waals surface area contributed by atoms with Crippen molar-refractivity contribution in [3.8, 4) is 22.9 Å². The first kappa shape index (κ1) is 17.5. The Labute approximate surface area is 150 Å². The monoisotopic (exact) mass is 353 g/mol. The first-order chi connectivity index (χ1) is 12.7. The minimum Gasteiger partial charge on any atom is -0.493 e. The maximum absolute atomic E-state index is 12.0. The number of aromatic nitrogens is 2. The largest absolute Gasteiger partial charge is 0.493 e. The number of methoxy groups -OCH3 is 2. The summed E-state index contributed by atoms with van der Waals surface area (Å²) in [7, 11) is 3.13. The number of benzene rings is 2. The Hall–Kier alpha value is -3.35. The van der Waals surface area contributed by atoms with E-state index in [1.165, 1.54) is 0 Å². The van der Waals surface area contributed by atoms with Crippen molar-refractivity contribution in [2.24, 2.45) is 0 Å². The quantitative estimate of drug-likeness (QED) is 0.703. The molecule has 1 amide bonds. The van der Waals surface area contributed by atoms with Gasteiger partial charge >= 0.3 is 0 Å². The third-order valence-corrected chi connectivity index (χ3v) is 3.75. The van der Waals surface area contributed by atoms with Gasteiger partial charge in [0.25, 0.3) is 0 Å². The van der Waals surface area contributed by atoms with Crippen LogP contribution in [0.3, 0.4) is 0 Å². The Kier molecular flexibility index (Phi) is 5.48. The second kappa shape index (κ2) is 8.15. The molecule has 0 aliphatic rings. The van der Waals surface area contributed by atoms with Crippen LogP contribution in [-0.2, 0) is 17.8 Å². The van der Waals surface area contributed by atoms with Crippen LogP contribution in [0.15, 0.2) is 53.1 Å². The lowest BCUT2D eigenvalue weighted by Crippen LogP contribution is -2.24. The van der Waals surface area contributed by atoms with Gasteiger partial charge in [-0.3, -0.25) is 4.79 Å². The highest BCUT2D eigenvalue weighted by molar-refractivity contribution is 5.78. The highest BCUT2D eigenvalue weighted by Gasteiger charge is 2.13. The molecule has 1 aromatic heterocycles. The van der Waals surface area contributed by atoms with Crippen LogP contribution in [0.5, 0.6) is 11.5 Å². The van der Waals surface area contributed by atoms with Crippen LogP contribution in [0.2, 0.25) is 0 Å². The van der Waals surface area contributed by atoms with E-state index in [0.29, 0.717) is 29.6 Å². The molecule has 1 N–H and O–H groups in total. The van der Waals surface area contributed by atoms with E-state index in [1.807, 2.05) is 36.4 Å². The Balaban J connectivity index is 1.62. The number of ether oxygens (including phenoxy) is 2. The van der Waals surface area contributed by atoms with Crippen LogP contribution in [0, 0.1) is 0 Å². The molecule has 0 saturated heterocycles. The van der Waals surface area contributed by atoms with Crippen molar-refractivity contribution in [1.29, 1.82) is 0 Å². The molecule has 0 aliphatic carbocycles. The predicted octanol–water partition coefficient (Wildman–Crippen LogP) is 2.61. The van der Waals surface area contributed by atoms with Crippen molar-refractivity contribution >= 4 is 5.91 Å². The Morgan fingerprint density at radius 1 is 1.08 bits per heavy atom. The van der Waals surface area contributed by atoms with Crippen molar-refractivity contribution < 1.29 is 18.8 Å². The van der Waals surface area contributed by atoms with E-state index in [1.54, 1.807) is 26.4 Å². The minimum atomic E-state index is -0.109. The summed E-state index contributed by atoms with van der Waals surface area (Å²) in [5, 5.41) is 6.72. The minimum absolute atomic E-state index is 0.109. The summed E-state index contributed by atoms with van der Waals surface area (Å²) >= 11 is 0. The average Bonchev–Trinajstić information content (AvgIpc) is 3.15. The number of nitrogens with zero attached hydrogens (tertiary/aromatic N) is 2. The fourth-order valence-electron chi connectivity index (χ4n) is 2.44. The zero-order chi connectivity index (χ0) is 18.4. The smallest absolute Gasteiger partial charge is 0.246 e. The van der Waals surface area contributed by atoms with E-state index in [9.17, 15) is 4.79 Å². The summed E-state index contributed by atoms with van der Waals surface area (Å²) in [6.07, 6.45) is 0.303. The van der Waals surface area contributed by atoms with Gasteiger partial charge in [0.2, 0.25) is 17.6 Å². The molecule has 0 unspecified atom stereocenters. The lowest BCUT2D eigenvalue weighted by Gasteiger charge is -2.07. The molecule has 0 spiro atoms. The van der Waals surface area contributed by atoms with Crippen molar-refractivity contribution in [1.82, 2.24) is 15.5 Å². The van der Waals surface area contributed by atoms with Crippen LogP contribution in [0.25, 0.3) is 11.4 Å². The molecule has 3 aromatic rings. The highest BCUT2D eigenvalue weighted by Crippen LogP contribution is 2.31. The highest BCUT2D eigenvalue weighted by atomic mass is 16.5. The van der Waals surface area contributed by atoms with Gasteiger partial charge in [0.1, 0.15) is 0 Å². The summed E-state index contributed by atoms with van der Waals surface area (Å²) in [6, 6.07) is 14.9. The predicted molar refractivity (Wildman–Crippen MR) is 94.8 cm³/mol. The summed E-state index contributed by atoms with van der Waals surface area (Å²) < 4.78 is 15.7. The topological polar surface area (TPSA) is 86.5 Å². The molecular weight excluding hydrogens is 334 g/mol. The molecule has 0 atom stereocenters. The molecule has 26 heavy (non-hydrogen) atoms. The molecule has 1 heterocycles. The van der Waals surface area contributed by atoms with Gasteiger partial charge < -0.3 is 19.3 Å². The van der Waals surface area contributed by atoms with Crippen molar-refractivity contribution in [2.45, 2.75) is 13.0 Å². The number of carbonyl (C=O) groups excluding carboxylic acids is 1. The van der Waals surface area contributed by atoms with Gasteiger partial charge in [-0.25, -0.2) is 0 Å². The average molecular weight is 353 g/mol.